The molecule has 6 rings (SSSR count). The average Bonchev–Trinajstić information content (AvgIpc) is 3.74. The lowest BCUT2D eigenvalue weighted by atomic mass is 10.1. The topological polar surface area (TPSA) is 122 Å². The second kappa shape index (κ2) is 11.3. The highest BCUT2D eigenvalue weighted by Gasteiger charge is 2.38. The Labute approximate surface area is 253 Å². The number of thiophene rings is 2. The molecule has 0 saturated carbocycles. The van der Waals surface area contributed by atoms with Gasteiger partial charge in [0.05, 0.1) is 20.8 Å². The Hall–Kier alpha value is -3.38. The number of hydrogen-bond donors (Lipinski definition) is 1. The molecule has 6 heterocycles. The molecule has 1 atom stereocenters. The van der Waals surface area contributed by atoms with Crippen molar-refractivity contribution in [2.45, 2.75) is 30.3 Å². The lowest BCUT2D eigenvalue weighted by molar-refractivity contribution is -0.140. The van der Waals surface area contributed by atoms with Crippen LogP contribution in [0.15, 0.2) is 44.8 Å². The highest BCUT2D eigenvalue weighted by Crippen LogP contribution is 2.41. The molecule has 0 spiro atoms. The maximum atomic E-state index is 13.6. The average molecular weight is 653 g/mol. The molecule has 1 N–H and O–H groups in total. The van der Waals surface area contributed by atoms with Crippen LogP contribution in [0.2, 0.25) is 0 Å². The van der Waals surface area contributed by atoms with Gasteiger partial charge in [-0.05, 0) is 26.0 Å². The van der Waals surface area contributed by atoms with E-state index >= 15 is 0 Å². The molecule has 43 heavy (non-hydrogen) atoms. The zero-order valence-corrected chi connectivity index (χ0v) is 25.7. The van der Waals surface area contributed by atoms with Crippen LogP contribution < -0.4 is 5.32 Å². The molecular formula is C26H27F3N8O3S3. The van der Waals surface area contributed by atoms with Crippen LogP contribution >= 0.6 is 22.7 Å². The van der Waals surface area contributed by atoms with E-state index in [0.29, 0.717) is 65.0 Å². The summed E-state index contributed by atoms with van der Waals surface area (Å²) in [6.45, 7) is 6.20. The Morgan fingerprint density at radius 1 is 1.14 bits per heavy atom. The van der Waals surface area contributed by atoms with E-state index in [9.17, 15) is 21.6 Å². The van der Waals surface area contributed by atoms with E-state index in [1.165, 1.54) is 35.2 Å². The first-order chi connectivity index (χ1) is 20.4. The minimum atomic E-state index is -4.60. The smallest absolute Gasteiger partial charge is 0.365 e. The lowest BCUT2D eigenvalue weighted by Gasteiger charge is -2.35. The van der Waals surface area contributed by atoms with Gasteiger partial charge in [-0.15, -0.1) is 22.7 Å². The molecule has 0 aromatic carbocycles. The molecule has 1 aliphatic heterocycles. The van der Waals surface area contributed by atoms with Gasteiger partial charge in [0, 0.05) is 74.6 Å². The van der Waals surface area contributed by atoms with E-state index in [0.717, 1.165) is 21.7 Å². The molecule has 0 bridgehead atoms. The summed E-state index contributed by atoms with van der Waals surface area (Å²) in [4.78, 5) is 11.5. The number of anilines is 1. The number of aryl methyl sites for hydroxylation is 2. The molecule has 0 unspecified atom stereocenters. The monoisotopic (exact) mass is 652 g/mol. The molecule has 0 radical (unpaired) electrons. The summed E-state index contributed by atoms with van der Waals surface area (Å²) >= 11 is 2.43. The Morgan fingerprint density at radius 3 is 2.60 bits per heavy atom. The van der Waals surface area contributed by atoms with Gasteiger partial charge in [-0.25, -0.2) is 18.4 Å². The summed E-state index contributed by atoms with van der Waals surface area (Å²) in [6, 6.07) is 5.02. The number of piperazine rings is 1. The number of sulfonamides is 1. The Balaban J connectivity index is 1.10. The number of nitrogens with one attached hydrogen (secondary N) is 1. The molecule has 0 amide bonds. The number of nitrogens with zero attached hydrogens (tertiary/aromatic N) is 7. The maximum Gasteiger partial charge on any atom is 0.435 e. The van der Waals surface area contributed by atoms with Gasteiger partial charge >= 0.3 is 6.18 Å². The van der Waals surface area contributed by atoms with Gasteiger partial charge in [0.25, 0.3) is 10.0 Å². The molecule has 11 nitrogen and oxygen atoms in total. The minimum Gasteiger partial charge on any atom is -0.365 e. The zero-order chi connectivity index (χ0) is 30.5. The number of fused-ring (bicyclic) bond motifs is 1. The van der Waals surface area contributed by atoms with Gasteiger partial charge in [-0.1, -0.05) is 5.16 Å². The van der Waals surface area contributed by atoms with Gasteiger partial charge in [-0.3, -0.25) is 9.58 Å². The van der Waals surface area contributed by atoms with E-state index in [1.807, 2.05) is 6.92 Å². The lowest BCUT2D eigenvalue weighted by Crippen LogP contribution is -2.50. The molecule has 228 valence electrons. The minimum absolute atomic E-state index is 0.0291. The van der Waals surface area contributed by atoms with Crippen LogP contribution in [0.4, 0.5) is 19.0 Å². The Bertz CT molecular complexity index is 1870. The van der Waals surface area contributed by atoms with Crippen LogP contribution in [-0.4, -0.2) is 81.3 Å². The summed E-state index contributed by atoms with van der Waals surface area (Å²) in [6.07, 6.45) is -1.92. The summed E-state index contributed by atoms with van der Waals surface area (Å²) in [5.41, 5.74) is 0.508. The summed E-state index contributed by atoms with van der Waals surface area (Å²) < 4.78 is 76.2. The van der Waals surface area contributed by atoms with Gasteiger partial charge in [0.2, 0.25) is 0 Å². The van der Waals surface area contributed by atoms with E-state index in [4.69, 9.17) is 4.52 Å². The summed E-state index contributed by atoms with van der Waals surface area (Å²) in [5.74, 6) is 1.07. The fourth-order valence-electron chi connectivity index (χ4n) is 5.06. The van der Waals surface area contributed by atoms with Gasteiger partial charge in [0.1, 0.15) is 16.4 Å². The third kappa shape index (κ3) is 5.91. The third-order valence-electron chi connectivity index (χ3n) is 7.03. The van der Waals surface area contributed by atoms with Crippen LogP contribution in [0.5, 0.6) is 0 Å². The summed E-state index contributed by atoms with van der Waals surface area (Å²) in [5, 5.41) is 12.5. The Kier molecular flexibility index (Phi) is 7.78. The van der Waals surface area contributed by atoms with Crippen molar-refractivity contribution in [2.75, 3.05) is 38.0 Å². The van der Waals surface area contributed by atoms with Crippen molar-refractivity contribution in [3.63, 3.8) is 0 Å². The second-order valence-corrected chi connectivity index (χ2v) is 14.4. The number of hydrogen-bond acceptors (Lipinski definition) is 11. The van der Waals surface area contributed by atoms with Crippen LogP contribution in [-0.2, 0) is 23.2 Å². The van der Waals surface area contributed by atoms with Crippen molar-refractivity contribution in [3.8, 4) is 21.8 Å². The number of aromatic nitrogens is 5. The number of rotatable bonds is 8. The van der Waals surface area contributed by atoms with E-state index in [2.05, 4.69) is 30.4 Å². The quantitative estimate of drug-likeness (QED) is 0.248. The predicted molar refractivity (Wildman–Crippen MR) is 157 cm³/mol. The van der Waals surface area contributed by atoms with Crippen LogP contribution in [0.1, 0.15) is 18.3 Å². The first kappa shape index (κ1) is 29.7. The molecule has 1 aliphatic rings. The number of alkyl halides is 3. The Morgan fingerprint density at radius 2 is 1.91 bits per heavy atom. The molecular weight excluding hydrogens is 626 g/mol. The fraction of sp³-hybridized carbons (Fsp3) is 0.385. The van der Waals surface area contributed by atoms with Gasteiger partial charge in [-0.2, -0.15) is 22.6 Å². The fourth-order valence-corrected chi connectivity index (χ4v) is 8.86. The molecule has 1 fully saturated rings. The molecule has 17 heteroatoms. The van der Waals surface area contributed by atoms with Crippen molar-refractivity contribution in [2.24, 2.45) is 7.05 Å². The summed E-state index contributed by atoms with van der Waals surface area (Å²) in [7, 11) is -2.19. The van der Waals surface area contributed by atoms with Gasteiger partial charge < -0.3 is 9.84 Å². The first-order valence-corrected chi connectivity index (χ1v) is 16.4. The van der Waals surface area contributed by atoms with E-state index < -0.39 is 21.9 Å². The molecule has 0 aliphatic carbocycles. The van der Waals surface area contributed by atoms with Gasteiger partial charge in [0.15, 0.2) is 11.5 Å². The second-order valence-electron chi connectivity index (χ2n) is 10.3. The van der Waals surface area contributed by atoms with Crippen molar-refractivity contribution in [1.82, 2.24) is 34.1 Å². The third-order valence-corrected chi connectivity index (χ3v) is 11.5. The van der Waals surface area contributed by atoms with E-state index in [-0.39, 0.29) is 15.8 Å². The largest absolute Gasteiger partial charge is 0.435 e. The first-order valence-electron chi connectivity index (χ1n) is 13.3. The maximum absolute atomic E-state index is 13.6. The SMILES string of the molecule is Cc1cc(-c2ccc(S(=O)(=O)N3CCN(C[C@H](C)Nc4ncnc5c(-c6cn(C)nc6C(F)(F)F)csc45)CC3)s2)on1. The van der Waals surface area contributed by atoms with E-state index in [1.54, 1.807) is 30.5 Å². The number of halogens is 3. The van der Waals surface area contributed by atoms with Crippen molar-refractivity contribution in [1.29, 1.82) is 0 Å². The molecule has 5 aromatic heterocycles. The highest BCUT2D eigenvalue weighted by molar-refractivity contribution is 7.91. The van der Waals surface area contributed by atoms with Crippen LogP contribution in [0.25, 0.3) is 32.0 Å². The molecule has 5 aromatic rings. The standard InChI is InChI=1S/C26H27F3N8O3S3/c1-15-10-19(40-34-15)20-4-5-21(42-20)43(38,39)37-8-6-36(7-9-37)11-16(2)32-25-23-22(30-14-31-25)18(13-41-23)17-12-35(3)33-24(17)26(27,28)29/h4-5,10,12-14,16H,6-9,11H2,1-3H3,(H,30,31,32)/t16-/m0/s1. The molecule has 1 saturated heterocycles. The van der Waals surface area contributed by atoms with Crippen LogP contribution in [0, 0.1) is 6.92 Å². The van der Waals surface area contributed by atoms with Crippen molar-refractivity contribution < 1.29 is 26.1 Å². The van der Waals surface area contributed by atoms with Crippen molar-refractivity contribution >= 4 is 48.7 Å². The normalized spacial score (nSPS) is 16.2. The zero-order valence-electron chi connectivity index (χ0n) is 23.3. The van der Waals surface area contributed by atoms with Crippen LogP contribution in [0.3, 0.4) is 0 Å². The highest BCUT2D eigenvalue weighted by atomic mass is 32.2. The predicted octanol–water partition coefficient (Wildman–Crippen LogP) is 4.94. The van der Waals surface area contributed by atoms with Crippen molar-refractivity contribution in [3.05, 3.63) is 47.5 Å².